The molecule has 0 spiro atoms. The van der Waals surface area contributed by atoms with Crippen LogP contribution >= 0.6 is 0 Å². The van der Waals surface area contributed by atoms with E-state index in [-0.39, 0.29) is 5.82 Å². The second-order valence-electron chi connectivity index (χ2n) is 3.85. The third-order valence-electron chi connectivity index (χ3n) is 2.84. The standard InChI is InChI=1S/C13H17FN2/c1-3-15-8-10-9-16(4-2)12-7-5-6-11(14)13(10)12/h5-7,9,15H,3-4,8H2,1-2H3. The zero-order valence-electron chi connectivity index (χ0n) is 9.76. The topological polar surface area (TPSA) is 17.0 Å². The fourth-order valence-electron chi connectivity index (χ4n) is 2.05. The number of nitrogens with zero attached hydrogens (tertiary/aromatic N) is 1. The number of halogens is 1. The molecule has 2 rings (SSSR count). The summed E-state index contributed by atoms with van der Waals surface area (Å²) in [5, 5.41) is 4.00. The Morgan fingerprint density at radius 1 is 1.31 bits per heavy atom. The van der Waals surface area contributed by atoms with Crippen LogP contribution in [0.3, 0.4) is 0 Å². The predicted octanol–water partition coefficient (Wildman–Crippen LogP) is 2.91. The van der Waals surface area contributed by atoms with Crippen LogP contribution in [0.2, 0.25) is 0 Å². The molecule has 0 amide bonds. The van der Waals surface area contributed by atoms with Crippen LogP contribution in [0.4, 0.5) is 4.39 Å². The summed E-state index contributed by atoms with van der Waals surface area (Å²) in [5.41, 5.74) is 2.02. The number of nitrogens with one attached hydrogen (secondary N) is 1. The molecule has 1 aromatic carbocycles. The van der Waals surface area contributed by atoms with E-state index in [1.165, 1.54) is 6.07 Å². The first kappa shape index (κ1) is 11.1. The SMILES string of the molecule is CCNCc1cn(CC)c2cccc(F)c12. The van der Waals surface area contributed by atoms with E-state index in [1.807, 2.05) is 12.3 Å². The lowest BCUT2D eigenvalue weighted by Crippen LogP contribution is -2.11. The van der Waals surface area contributed by atoms with Gasteiger partial charge in [-0.05, 0) is 31.2 Å². The summed E-state index contributed by atoms with van der Waals surface area (Å²) < 4.78 is 15.9. The summed E-state index contributed by atoms with van der Waals surface area (Å²) in [5.74, 6) is -0.127. The van der Waals surface area contributed by atoms with E-state index in [1.54, 1.807) is 6.07 Å². The third kappa shape index (κ3) is 1.83. The van der Waals surface area contributed by atoms with Gasteiger partial charge in [0.25, 0.3) is 0 Å². The van der Waals surface area contributed by atoms with Gasteiger partial charge in [0.1, 0.15) is 5.82 Å². The first-order valence-corrected chi connectivity index (χ1v) is 5.74. The first-order valence-electron chi connectivity index (χ1n) is 5.74. The van der Waals surface area contributed by atoms with E-state index < -0.39 is 0 Å². The lowest BCUT2D eigenvalue weighted by Gasteiger charge is -2.00. The van der Waals surface area contributed by atoms with E-state index in [0.717, 1.165) is 36.1 Å². The van der Waals surface area contributed by atoms with Crippen molar-refractivity contribution in [3.05, 3.63) is 35.8 Å². The summed E-state index contributed by atoms with van der Waals surface area (Å²) >= 11 is 0. The number of benzene rings is 1. The summed E-state index contributed by atoms with van der Waals surface area (Å²) in [6.45, 7) is 6.61. The summed E-state index contributed by atoms with van der Waals surface area (Å²) in [6.07, 6.45) is 2.04. The van der Waals surface area contributed by atoms with Gasteiger partial charge in [-0.1, -0.05) is 13.0 Å². The fourth-order valence-corrected chi connectivity index (χ4v) is 2.05. The maximum atomic E-state index is 13.8. The Balaban J connectivity index is 2.55. The Labute approximate surface area is 95.1 Å². The molecule has 2 nitrogen and oxygen atoms in total. The summed E-state index contributed by atoms with van der Waals surface area (Å²) in [4.78, 5) is 0. The largest absolute Gasteiger partial charge is 0.347 e. The molecule has 1 aromatic heterocycles. The van der Waals surface area contributed by atoms with Gasteiger partial charge in [0.2, 0.25) is 0 Å². The highest BCUT2D eigenvalue weighted by atomic mass is 19.1. The van der Waals surface area contributed by atoms with Crippen molar-refractivity contribution in [1.29, 1.82) is 0 Å². The van der Waals surface area contributed by atoms with Gasteiger partial charge in [-0.2, -0.15) is 0 Å². The van der Waals surface area contributed by atoms with Crippen molar-refractivity contribution in [1.82, 2.24) is 9.88 Å². The van der Waals surface area contributed by atoms with Crippen molar-refractivity contribution in [2.75, 3.05) is 6.54 Å². The van der Waals surface area contributed by atoms with Crippen molar-refractivity contribution < 1.29 is 4.39 Å². The van der Waals surface area contributed by atoms with Gasteiger partial charge >= 0.3 is 0 Å². The number of hydrogen-bond acceptors (Lipinski definition) is 1. The van der Waals surface area contributed by atoms with Crippen LogP contribution in [0.15, 0.2) is 24.4 Å². The maximum Gasteiger partial charge on any atom is 0.132 e. The number of rotatable bonds is 4. The van der Waals surface area contributed by atoms with Crippen LogP contribution in [-0.4, -0.2) is 11.1 Å². The molecule has 86 valence electrons. The Kier molecular flexibility index (Phi) is 3.25. The van der Waals surface area contributed by atoms with Crippen molar-refractivity contribution >= 4 is 10.9 Å². The quantitative estimate of drug-likeness (QED) is 0.838. The van der Waals surface area contributed by atoms with Gasteiger partial charge in [-0.15, -0.1) is 0 Å². The van der Waals surface area contributed by atoms with Gasteiger partial charge in [-0.25, -0.2) is 4.39 Å². The fraction of sp³-hybridized carbons (Fsp3) is 0.385. The molecule has 0 bridgehead atoms. The highest BCUT2D eigenvalue weighted by Crippen LogP contribution is 2.24. The average Bonchev–Trinajstić information content (AvgIpc) is 2.66. The zero-order valence-corrected chi connectivity index (χ0v) is 9.76. The normalized spacial score (nSPS) is 11.2. The Morgan fingerprint density at radius 3 is 2.81 bits per heavy atom. The number of aromatic nitrogens is 1. The predicted molar refractivity (Wildman–Crippen MR) is 65.0 cm³/mol. The van der Waals surface area contributed by atoms with Gasteiger partial charge in [0.05, 0.1) is 5.52 Å². The average molecular weight is 220 g/mol. The summed E-state index contributed by atoms with van der Waals surface area (Å²) in [7, 11) is 0. The highest BCUT2D eigenvalue weighted by molar-refractivity contribution is 5.84. The van der Waals surface area contributed by atoms with Crippen LogP contribution in [0.5, 0.6) is 0 Å². The van der Waals surface area contributed by atoms with Crippen LogP contribution in [-0.2, 0) is 13.1 Å². The monoisotopic (exact) mass is 220 g/mol. The molecule has 0 aliphatic rings. The molecule has 2 aromatic rings. The smallest absolute Gasteiger partial charge is 0.132 e. The summed E-state index contributed by atoms with van der Waals surface area (Å²) in [6, 6.07) is 5.26. The van der Waals surface area contributed by atoms with Crippen LogP contribution in [0.1, 0.15) is 19.4 Å². The van der Waals surface area contributed by atoms with E-state index in [4.69, 9.17) is 0 Å². The van der Waals surface area contributed by atoms with Crippen molar-refractivity contribution in [3.63, 3.8) is 0 Å². The molecule has 0 radical (unpaired) electrons. The number of aryl methyl sites for hydroxylation is 1. The minimum atomic E-state index is -0.127. The van der Waals surface area contributed by atoms with Crippen LogP contribution < -0.4 is 5.32 Å². The van der Waals surface area contributed by atoms with Crippen LogP contribution in [0.25, 0.3) is 10.9 Å². The second kappa shape index (κ2) is 4.66. The van der Waals surface area contributed by atoms with Crippen molar-refractivity contribution in [2.24, 2.45) is 0 Å². The maximum absolute atomic E-state index is 13.8. The van der Waals surface area contributed by atoms with Gasteiger partial charge in [-0.3, -0.25) is 0 Å². The van der Waals surface area contributed by atoms with Crippen molar-refractivity contribution in [2.45, 2.75) is 26.9 Å². The lowest BCUT2D eigenvalue weighted by molar-refractivity contribution is 0.637. The Hall–Kier alpha value is -1.35. The molecule has 0 aliphatic heterocycles. The molecule has 0 aliphatic carbocycles. The number of fused-ring (bicyclic) bond motifs is 1. The molecular weight excluding hydrogens is 203 g/mol. The highest BCUT2D eigenvalue weighted by Gasteiger charge is 2.10. The molecule has 1 heterocycles. The minimum absolute atomic E-state index is 0.127. The molecule has 0 fully saturated rings. The molecule has 1 N–H and O–H groups in total. The van der Waals surface area contributed by atoms with E-state index in [9.17, 15) is 4.39 Å². The number of hydrogen-bond donors (Lipinski definition) is 1. The van der Waals surface area contributed by atoms with E-state index in [0.29, 0.717) is 0 Å². The second-order valence-corrected chi connectivity index (χ2v) is 3.85. The van der Waals surface area contributed by atoms with E-state index >= 15 is 0 Å². The molecular formula is C13H17FN2. The molecule has 0 unspecified atom stereocenters. The van der Waals surface area contributed by atoms with Crippen LogP contribution in [0, 0.1) is 5.82 Å². The molecule has 16 heavy (non-hydrogen) atoms. The molecule has 0 saturated heterocycles. The Bertz CT molecular complexity index is 488. The van der Waals surface area contributed by atoms with Crippen molar-refractivity contribution in [3.8, 4) is 0 Å². The molecule has 0 saturated carbocycles. The Morgan fingerprint density at radius 2 is 2.12 bits per heavy atom. The van der Waals surface area contributed by atoms with E-state index in [2.05, 4.69) is 23.7 Å². The lowest BCUT2D eigenvalue weighted by atomic mass is 10.1. The first-order chi connectivity index (χ1) is 7.77. The van der Waals surface area contributed by atoms with Gasteiger partial charge in [0.15, 0.2) is 0 Å². The van der Waals surface area contributed by atoms with Gasteiger partial charge < -0.3 is 9.88 Å². The van der Waals surface area contributed by atoms with Gasteiger partial charge in [0, 0.05) is 24.7 Å². The third-order valence-corrected chi connectivity index (χ3v) is 2.84. The minimum Gasteiger partial charge on any atom is -0.347 e. The molecule has 0 atom stereocenters. The zero-order chi connectivity index (χ0) is 11.5. The molecule has 3 heteroatoms.